The van der Waals surface area contributed by atoms with Crippen molar-refractivity contribution in [3.05, 3.63) is 57.0 Å². The van der Waals surface area contributed by atoms with Gasteiger partial charge in [0.05, 0.1) is 30.4 Å². The number of halogens is 4. The van der Waals surface area contributed by atoms with Gasteiger partial charge in [0.2, 0.25) is 0 Å². The first-order valence-corrected chi connectivity index (χ1v) is 10.4. The van der Waals surface area contributed by atoms with Gasteiger partial charge in [0.25, 0.3) is 0 Å². The van der Waals surface area contributed by atoms with E-state index < -0.39 is 22.3 Å². The summed E-state index contributed by atoms with van der Waals surface area (Å²) in [5, 5.41) is 21.5. The van der Waals surface area contributed by atoms with Gasteiger partial charge in [-0.1, -0.05) is 12.1 Å². The molecule has 12 heteroatoms. The quantitative estimate of drug-likeness (QED) is 0.459. The molecule has 1 N–H and O–H groups in total. The number of β-amino-alcohol motifs (C(OH)–C–C–N with tert-alkyl or cyclic N) is 1. The van der Waals surface area contributed by atoms with Crippen molar-refractivity contribution in [2.45, 2.75) is 50.8 Å². The summed E-state index contributed by atoms with van der Waals surface area (Å²) >= 11 is 5.92. The van der Waals surface area contributed by atoms with Gasteiger partial charge in [-0.15, -0.1) is 0 Å². The Morgan fingerprint density at radius 2 is 1.88 bits per heavy atom. The molecule has 1 atom stereocenters. The second-order valence-electron chi connectivity index (χ2n) is 8.23. The smallest absolute Gasteiger partial charge is 0.387 e. The fourth-order valence-electron chi connectivity index (χ4n) is 3.72. The monoisotopic (exact) mass is 476 g/mol. The molecule has 1 aliphatic rings. The van der Waals surface area contributed by atoms with Gasteiger partial charge < -0.3 is 24.9 Å². The number of hydrogen-bond donors (Lipinski definition) is 1. The largest absolute Gasteiger partial charge is 0.416 e. The van der Waals surface area contributed by atoms with Crippen molar-refractivity contribution in [3.63, 3.8) is 0 Å². The molecule has 32 heavy (non-hydrogen) atoms. The summed E-state index contributed by atoms with van der Waals surface area (Å²) in [7, 11) is 0. The maximum Gasteiger partial charge on any atom is 0.416 e. The molecule has 1 saturated heterocycles. The van der Waals surface area contributed by atoms with Crippen molar-refractivity contribution in [1.29, 1.82) is 0 Å². The van der Waals surface area contributed by atoms with Crippen molar-refractivity contribution in [3.8, 4) is 0 Å². The van der Waals surface area contributed by atoms with Gasteiger partial charge in [-0.25, -0.2) is 0 Å². The van der Waals surface area contributed by atoms with Crippen molar-refractivity contribution >= 4 is 17.4 Å². The molecule has 1 fully saturated rings. The second kappa shape index (κ2) is 9.74. The number of aromatic nitrogens is 2. The first kappa shape index (κ1) is 24.4. The predicted molar refractivity (Wildman–Crippen MR) is 110 cm³/mol. The highest BCUT2D eigenvalue weighted by atomic mass is 35.5. The van der Waals surface area contributed by atoms with Crippen LogP contribution in [0.3, 0.4) is 0 Å². The molecule has 0 radical (unpaired) electrons. The van der Waals surface area contributed by atoms with Gasteiger partial charge in [0.1, 0.15) is 6.20 Å². The number of imidazole rings is 1. The summed E-state index contributed by atoms with van der Waals surface area (Å²) in [5.41, 5.74) is -1.20. The minimum absolute atomic E-state index is 0.0239. The summed E-state index contributed by atoms with van der Waals surface area (Å²) in [6, 6.07) is 4.93. The Morgan fingerprint density at radius 3 is 2.41 bits per heavy atom. The second-order valence-corrected chi connectivity index (χ2v) is 8.57. The number of ether oxygens (including phenoxy) is 1. The predicted octanol–water partition coefficient (Wildman–Crippen LogP) is 3.90. The number of hydrogen-bond acceptors (Lipinski definition) is 6. The minimum atomic E-state index is -4.36. The number of nitrogens with zero attached hydrogens (tertiary/aromatic N) is 4. The summed E-state index contributed by atoms with van der Waals surface area (Å²) in [5.74, 6) is -0.378. The van der Waals surface area contributed by atoms with E-state index in [0.717, 1.165) is 12.1 Å². The molecular formula is C20H24ClF3N4O4. The number of piperidine rings is 1. The van der Waals surface area contributed by atoms with Crippen LogP contribution >= 0.6 is 11.6 Å². The molecule has 1 aliphatic heterocycles. The van der Waals surface area contributed by atoms with Crippen molar-refractivity contribution in [2.24, 2.45) is 0 Å². The van der Waals surface area contributed by atoms with Gasteiger partial charge in [0.15, 0.2) is 0 Å². The molecule has 2 aromatic rings. The van der Waals surface area contributed by atoms with E-state index in [1.54, 1.807) is 6.92 Å². The molecule has 0 saturated carbocycles. The molecule has 1 aromatic carbocycles. The van der Waals surface area contributed by atoms with Crippen LogP contribution in [-0.2, 0) is 24.1 Å². The van der Waals surface area contributed by atoms with E-state index in [2.05, 4.69) is 9.88 Å². The van der Waals surface area contributed by atoms with Gasteiger partial charge in [-0.2, -0.15) is 13.2 Å². The Bertz CT molecular complexity index is 926. The Labute approximate surface area is 187 Å². The number of nitro groups is 1. The van der Waals surface area contributed by atoms with E-state index in [0.29, 0.717) is 38.0 Å². The third-order valence-corrected chi connectivity index (χ3v) is 5.58. The van der Waals surface area contributed by atoms with Gasteiger partial charge in [-0.3, -0.25) is 4.57 Å². The first-order valence-electron chi connectivity index (χ1n) is 10.0. The van der Waals surface area contributed by atoms with Crippen LogP contribution in [0.4, 0.5) is 19.0 Å². The SMILES string of the molecule is C[C@](O)(CN1CCC(OCc2ccc(C(F)(F)F)cc2)CC1)Cn1cc([N+](=O)[O-])nc1Cl. The Balaban J connectivity index is 1.44. The van der Waals surface area contributed by atoms with E-state index in [-0.39, 0.29) is 30.4 Å². The van der Waals surface area contributed by atoms with Gasteiger partial charge in [0, 0.05) is 19.6 Å². The summed E-state index contributed by atoms with van der Waals surface area (Å²) < 4.78 is 45.1. The molecule has 3 rings (SSSR count). The average molecular weight is 477 g/mol. The topological polar surface area (TPSA) is 93.7 Å². The van der Waals surface area contributed by atoms with E-state index in [9.17, 15) is 28.4 Å². The standard InChI is InChI=1S/C20H24ClF3N4O4/c1-19(29,13-27-10-17(28(30)31)25-18(27)21)12-26-8-6-16(7-9-26)32-11-14-2-4-15(5-3-14)20(22,23)24/h2-5,10,16,29H,6-9,11-13H2,1H3/t19-/m0/s1. The summed E-state index contributed by atoms with van der Waals surface area (Å²) in [4.78, 5) is 15.9. The molecule has 0 aliphatic carbocycles. The maximum atomic E-state index is 12.6. The fraction of sp³-hybridized carbons (Fsp3) is 0.550. The Hall–Kier alpha value is -2.21. The maximum absolute atomic E-state index is 12.6. The zero-order valence-electron chi connectivity index (χ0n) is 17.4. The lowest BCUT2D eigenvalue weighted by Crippen LogP contribution is -2.47. The van der Waals surface area contributed by atoms with E-state index in [4.69, 9.17) is 16.3 Å². The van der Waals surface area contributed by atoms with Crippen LogP contribution < -0.4 is 0 Å². The number of aliphatic hydroxyl groups is 1. The van der Waals surface area contributed by atoms with Crippen LogP contribution in [0.25, 0.3) is 0 Å². The lowest BCUT2D eigenvalue weighted by Gasteiger charge is -2.36. The Morgan fingerprint density at radius 1 is 1.25 bits per heavy atom. The van der Waals surface area contributed by atoms with Gasteiger partial charge >= 0.3 is 17.3 Å². The highest BCUT2D eigenvalue weighted by molar-refractivity contribution is 6.28. The molecule has 0 spiro atoms. The zero-order chi connectivity index (χ0) is 23.5. The minimum Gasteiger partial charge on any atom is -0.387 e. The molecule has 0 unspecified atom stereocenters. The molecule has 0 bridgehead atoms. The highest BCUT2D eigenvalue weighted by Crippen LogP contribution is 2.29. The fourth-order valence-corrected chi connectivity index (χ4v) is 3.91. The lowest BCUT2D eigenvalue weighted by molar-refractivity contribution is -0.389. The highest BCUT2D eigenvalue weighted by Gasteiger charge is 2.31. The first-order chi connectivity index (χ1) is 14.9. The number of benzene rings is 1. The molecular weight excluding hydrogens is 453 g/mol. The van der Waals surface area contributed by atoms with Crippen LogP contribution in [0.15, 0.2) is 30.5 Å². The third-order valence-electron chi connectivity index (χ3n) is 5.28. The van der Waals surface area contributed by atoms with E-state index >= 15 is 0 Å². The van der Waals surface area contributed by atoms with Crippen LogP contribution in [0.5, 0.6) is 0 Å². The lowest BCUT2D eigenvalue weighted by atomic mass is 10.0. The van der Waals surface area contributed by atoms with E-state index in [1.165, 1.54) is 22.9 Å². The van der Waals surface area contributed by atoms with Crippen LogP contribution in [0.2, 0.25) is 5.28 Å². The number of alkyl halides is 3. The van der Waals surface area contributed by atoms with Crippen LogP contribution in [-0.4, -0.2) is 55.8 Å². The zero-order valence-corrected chi connectivity index (χ0v) is 18.1. The van der Waals surface area contributed by atoms with E-state index in [1.807, 2.05) is 0 Å². The van der Waals surface area contributed by atoms with Crippen molar-refractivity contribution in [1.82, 2.24) is 14.5 Å². The third kappa shape index (κ3) is 6.64. The summed E-state index contributed by atoms with van der Waals surface area (Å²) in [6.45, 7) is 3.59. The molecule has 2 heterocycles. The normalized spacial score (nSPS) is 17.9. The van der Waals surface area contributed by atoms with Crippen LogP contribution in [0.1, 0.15) is 30.9 Å². The average Bonchev–Trinajstić information content (AvgIpc) is 3.07. The number of rotatable bonds is 8. The molecule has 176 valence electrons. The van der Waals surface area contributed by atoms with Crippen molar-refractivity contribution < 1.29 is 27.9 Å². The summed E-state index contributed by atoms with van der Waals surface area (Å²) in [6.07, 6.45) is -1.75. The molecule has 0 amide bonds. The Kier molecular flexibility index (Phi) is 7.43. The van der Waals surface area contributed by atoms with Crippen LogP contribution in [0, 0.1) is 10.1 Å². The number of likely N-dealkylation sites (tertiary alicyclic amines) is 1. The van der Waals surface area contributed by atoms with Gasteiger partial charge in [-0.05, 0) is 59.0 Å². The molecule has 1 aromatic heterocycles. The molecule has 8 nitrogen and oxygen atoms in total. The van der Waals surface area contributed by atoms with Crippen molar-refractivity contribution in [2.75, 3.05) is 19.6 Å².